The van der Waals surface area contributed by atoms with Gasteiger partial charge in [0.05, 0.1) is 22.9 Å². The van der Waals surface area contributed by atoms with Crippen molar-refractivity contribution in [2.75, 3.05) is 11.9 Å². The number of hydrogen-bond acceptors (Lipinski definition) is 9. The van der Waals surface area contributed by atoms with Gasteiger partial charge in [-0.2, -0.15) is 5.10 Å². The highest BCUT2D eigenvalue weighted by molar-refractivity contribution is 7.91. The number of nitrogens with zero attached hydrogens (tertiary/aromatic N) is 4. The predicted octanol–water partition coefficient (Wildman–Crippen LogP) is 2.46. The number of aryl methyl sites for hydroxylation is 2. The molecule has 0 bridgehead atoms. The standard InChI is InChI=1S/C23H25N5O6S2/c1-6-33-21(30)20-23(5,18-12-24-19-11-13(2)26-27(19)14(18)3)34-22(35)28(20)36(31,32)17-9-7-16(8-10-17)25-15(4)29/h7-12,20H,6H2,1-5H3,(H,25,29). The van der Waals surface area contributed by atoms with Gasteiger partial charge in [0.15, 0.2) is 17.3 Å². The van der Waals surface area contributed by atoms with Crippen LogP contribution in [0.2, 0.25) is 0 Å². The first-order chi connectivity index (χ1) is 16.9. The molecule has 0 radical (unpaired) electrons. The molecule has 1 aliphatic rings. The van der Waals surface area contributed by atoms with E-state index in [0.29, 0.717) is 22.6 Å². The van der Waals surface area contributed by atoms with E-state index < -0.39 is 32.8 Å². The van der Waals surface area contributed by atoms with Crippen LogP contribution in [-0.2, 0) is 34.7 Å². The van der Waals surface area contributed by atoms with Crippen molar-refractivity contribution in [2.45, 2.75) is 51.2 Å². The van der Waals surface area contributed by atoms with E-state index in [0.717, 1.165) is 10.00 Å². The summed E-state index contributed by atoms with van der Waals surface area (Å²) in [5.74, 6) is -1.12. The second kappa shape index (κ2) is 9.13. The molecule has 11 nitrogen and oxygen atoms in total. The second-order valence-corrected chi connectivity index (χ2v) is 10.6. The van der Waals surface area contributed by atoms with Crippen LogP contribution in [0.15, 0.2) is 41.4 Å². The van der Waals surface area contributed by atoms with Crippen molar-refractivity contribution in [1.82, 2.24) is 18.9 Å². The average molecular weight is 532 g/mol. The molecule has 13 heteroatoms. The van der Waals surface area contributed by atoms with Gasteiger partial charge in [-0.05, 0) is 64.2 Å². The SMILES string of the molecule is CCOC(=O)C1N(S(=O)(=O)c2ccc(NC(C)=O)cc2)C(=S)OC1(C)c1cnc2cc(C)nn2c1C. The van der Waals surface area contributed by atoms with Crippen LogP contribution in [0.1, 0.15) is 37.7 Å². The summed E-state index contributed by atoms with van der Waals surface area (Å²) in [4.78, 5) is 28.8. The van der Waals surface area contributed by atoms with Crippen LogP contribution in [-0.4, -0.2) is 57.0 Å². The number of carbonyl (C=O) groups excluding carboxylic acids is 2. The molecule has 36 heavy (non-hydrogen) atoms. The van der Waals surface area contributed by atoms with Gasteiger partial charge in [0.2, 0.25) is 5.91 Å². The van der Waals surface area contributed by atoms with E-state index >= 15 is 0 Å². The zero-order valence-electron chi connectivity index (χ0n) is 20.3. The number of amides is 1. The van der Waals surface area contributed by atoms with Gasteiger partial charge in [0.25, 0.3) is 15.2 Å². The molecule has 4 rings (SSSR count). The minimum atomic E-state index is -4.37. The lowest BCUT2D eigenvalue weighted by molar-refractivity contribution is -0.150. The van der Waals surface area contributed by atoms with Crippen LogP contribution in [0, 0.1) is 13.8 Å². The molecule has 2 unspecified atom stereocenters. The molecule has 190 valence electrons. The van der Waals surface area contributed by atoms with Gasteiger partial charge in [-0.3, -0.25) is 4.79 Å². The number of aromatic nitrogens is 3. The Hall–Kier alpha value is -3.58. The Labute approximate surface area is 213 Å². The fraction of sp³-hybridized carbons (Fsp3) is 0.348. The molecular formula is C23H25N5O6S2. The molecule has 0 saturated carbocycles. The van der Waals surface area contributed by atoms with E-state index in [-0.39, 0.29) is 17.4 Å². The summed E-state index contributed by atoms with van der Waals surface area (Å²) in [6.07, 6.45) is 1.53. The number of fused-ring (bicyclic) bond motifs is 1. The van der Waals surface area contributed by atoms with Crippen molar-refractivity contribution in [3.05, 3.63) is 53.5 Å². The summed E-state index contributed by atoms with van der Waals surface area (Å²) < 4.78 is 41.1. The van der Waals surface area contributed by atoms with E-state index in [1.54, 1.807) is 31.4 Å². The van der Waals surface area contributed by atoms with E-state index in [1.165, 1.54) is 37.4 Å². The Bertz CT molecular complexity index is 1480. The van der Waals surface area contributed by atoms with Gasteiger partial charge in [-0.25, -0.2) is 27.0 Å². The summed E-state index contributed by atoms with van der Waals surface area (Å²) in [7, 11) is -4.37. The fourth-order valence-electron chi connectivity index (χ4n) is 4.27. The summed E-state index contributed by atoms with van der Waals surface area (Å²) in [6, 6.07) is 5.83. The molecule has 1 saturated heterocycles. The first kappa shape index (κ1) is 25.5. The Balaban J connectivity index is 1.84. The average Bonchev–Trinajstić information content (AvgIpc) is 3.31. The van der Waals surface area contributed by atoms with Crippen LogP contribution in [0.5, 0.6) is 0 Å². The Morgan fingerprint density at radius 3 is 2.53 bits per heavy atom. The van der Waals surface area contributed by atoms with Gasteiger partial charge < -0.3 is 14.8 Å². The third kappa shape index (κ3) is 4.17. The van der Waals surface area contributed by atoms with Crippen LogP contribution < -0.4 is 5.32 Å². The highest BCUT2D eigenvalue weighted by atomic mass is 32.2. The van der Waals surface area contributed by atoms with Crippen LogP contribution in [0.25, 0.3) is 5.65 Å². The maximum Gasteiger partial charge on any atom is 0.334 e. The molecule has 0 aliphatic carbocycles. The van der Waals surface area contributed by atoms with Crippen molar-refractivity contribution in [3.8, 4) is 0 Å². The lowest BCUT2D eigenvalue weighted by Crippen LogP contribution is -2.50. The summed E-state index contributed by atoms with van der Waals surface area (Å²) in [5, 5.41) is 6.60. The Morgan fingerprint density at radius 1 is 1.25 bits per heavy atom. The fourth-order valence-corrected chi connectivity index (χ4v) is 6.35. The molecule has 1 N–H and O–H groups in total. The predicted molar refractivity (Wildman–Crippen MR) is 134 cm³/mol. The first-order valence-electron chi connectivity index (χ1n) is 11.0. The lowest BCUT2D eigenvalue weighted by Gasteiger charge is -2.31. The normalized spacial score (nSPS) is 19.9. The number of esters is 1. The number of thiocarbonyl (C=S) groups is 1. The molecule has 1 fully saturated rings. The van der Waals surface area contributed by atoms with Gasteiger partial charge >= 0.3 is 5.97 Å². The number of sulfonamides is 1. The molecule has 1 aromatic carbocycles. The molecule has 3 aromatic rings. The van der Waals surface area contributed by atoms with E-state index in [9.17, 15) is 18.0 Å². The molecule has 2 aromatic heterocycles. The smallest absolute Gasteiger partial charge is 0.334 e. The molecule has 2 atom stereocenters. The number of nitrogens with one attached hydrogen (secondary N) is 1. The van der Waals surface area contributed by atoms with Gasteiger partial charge in [-0.1, -0.05) is 0 Å². The Kier molecular flexibility index (Phi) is 6.47. The van der Waals surface area contributed by atoms with Crippen LogP contribution >= 0.6 is 12.2 Å². The summed E-state index contributed by atoms with van der Waals surface area (Å²) >= 11 is 5.36. The maximum atomic E-state index is 13.7. The number of ether oxygens (including phenoxy) is 2. The van der Waals surface area contributed by atoms with Crippen LogP contribution in [0.3, 0.4) is 0 Å². The first-order valence-corrected chi connectivity index (χ1v) is 12.9. The van der Waals surface area contributed by atoms with Crippen molar-refractivity contribution in [1.29, 1.82) is 0 Å². The lowest BCUT2D eigenvalue weighted by atomic mass is 9.88. The molecule has 0 spiro atoms. The third-order valence-electron chi connectivity index (χ3n) is 5.86. The monoisotopic (exact) mass is 531 g/mol. The highest BCUT2D eigenvalue weighted by Gasteiger charge is 2.60. The molecule has 3 heterocycles. The van der Waals surface area contributed by atoms with Crippen LogP contribution in [0.4, 0.5) is 5.69 Å². The minimum absolute atomic E-state index is 0.0199. The number of rotatable bonds is 6. The second-order valence-electron chi connectivity index (χ2n) is 8.45. The maximum absolute atomic E-state index is 13.7. The number of anilines is 1. The summed E-state index contributed by atoms with van der Waals surface area (Å²) in [5.41, 5.74) is 1.22. The Morgan fingerprint density at radius 2 is 1.92 bits per heavy atom. The van der Waals surface area contributed by atoms with Crippen molar-refractivity contribution >= 4 is 50.6 Å². The van der Waals surface area contributed by atoms with Gasteiger partial charge in [0, 0.05) is 30.4 Å². The van der Waals surface area contributed by atoms with Crippen molar-refractivity contribution in [3.63, 3.8) is 0 Å². The number of hydrogen-bond donors (Lipinski definition) is 1. The van der Waals surface area contributed by atoms with E-state index in [2.05, 4.69) is 15.4 Å². The van der Waals surface area contributed by atoms with E-state index in [1.807, 2.05) is 6.92 Å². The van der Waals surface area contributed by atoms with E-state index in [4.69, 9.17) is 21.7 Å². The zero-order valence-corrected chi connectivity index (χ0v) is 21.9. The van der Waals surface area contributed by atoms with Crippen molar-refractivity contribution in [2.24, 2.45) is 0 Å². The molecular weight excluding hydrogens is 506 g/mol. The largest absolute Gasteiger partial charge is 0.464 e. The van der Waals surface area contributed by atoms with Crippen molar-refractivity contribution < 1.29 is 27.5 Å². The number of benzene rings is 1. The van der Waals surface area contributed by atoms with Gasteiger partial charge in [0.1, 0.15) is 0 Å². The molecule has 1 amide bonds. The number of carbonyl (C=O) groups is 2. The highest BCUT2D eigenvalue weighted by Crippen LogP contribution is 2.43. The quantitative estimate of drug-likeness (QED) is 0.376. The summed E-state index contributed by atoms with van der Waals surface area (Å²) in [6.45, 7) is 8.15. The third-order valence-corrected chi connectivity index (χ3v) is 8.02. The zero-order chi connectivity index (χ0) is 26.4. The topological polar surface area (TPSA) is 132 Å². The minimum Gasteiger partial charge on any atom is -0.464 e. The molecule has 1 aliphatic heterocycles. The van der Waals surface area contributed by atoms with Gasteiger partial charge in [-0.15, -0.1) is 0 Å².